The van der Waals surface area contributed by atoms with Gasteiger partial charge in [0.1, 0.15) is 0 Å². The van der Waals surface area contributed by atoms with E-state index in [-0.39, 0.29) is 17.9 Å². The van der Waals surface area contributed by atoms with Crippen LogP contribution in [0.15, 0.2) is 47.4 Å². The summed E-state index contributed by atoms with van der Waals surface area (Å²) in [5, 5.41) is 8.68. The van der Waals surface area contributed by atoms with Crippen molar-refractivity contribution in [3.05, 3.63) is 42.5 Å². The van der Waals surface area contributed by atoms with E-state index in [1.165, 1.54) is 0 Å². The van der Waals surface area contributed by atoms with E-state index in [9.17, 15) is 13.2 Å². The standard InChI is InChI=1S/C19H25NO4S/c21-18(22)9-5-2-6-11-19-12-10-15(13-19)17(14-19)20-25(23,24)16-7-3-1-4-8-16/h1,3-4,6-8,11,15,17,20H,2,5,9-10,12-14H2,(H,21,22)/b11-6-/t15-,17?,19-/m0/s1. The summed E-state index contributed by atoms with van der Waals surface area (Å²) in [6.45, 7) is 0. The molecule has 3 rings (SSSR count). The molecule has 0 aromatic heterocycles. The number of nitrogens with one attached hydrogen (secondary N) is 1. The van der Waals surface area contributed by atoms with Gasteiger partial charge in [-0.2, -0.15) is 0 Å². The Balaban J connectivity index is 1.60. The van der Waals surface area contributed by atoms with E-state index < -0.39 is 16.0 Å². The van der Waals surface area contributed by atoms with Crippen molar-refractivity contribution in [1.29, 1.82) is 0 Å². The summed E-state index contributed by atoms with van der Waals surface area (Å²) in [5.74, 6) is -0.370. The summed E-state index contributed by atoms with van der Waals surface area (Å²) in [4.78, 5) is 10.9. The van der Waals surface area contributed by atoms with Crippen molar-refractivity contribution >= 4 is 16.0 Å². The molecule has 0 spiro atoms. The molecule has 0 radical (unpaired) electrons. The van der Waals surface area contributed by atoms with Gasteiger partial charge in [-0.3, -0.25) is 4.79 Å². The molecule has 2 N–H and O–H groups in total. The zero-order valence-corrected chi connectivity index (χ0v) is 15.0. The fourth-order valence-electron chi connectivity index (χ4n) is 4.26. The molecule has 0 aliphatic heterocycles. The second kappa shape index (κ2) is 7.30. The second-order valence-electron chi connectivity index (χ2n) is 7.30. The van der Waals surface area contributed by atoms with E-state index in [2.05, 4.69) is 16.9 Å². The highest BCUT2D eigenvalue weighted by Crippen LogP contribution is 2.55. The van der Waals surface area contributed by atoms with E-state index in [0.717, 1.165) is 32.1 Å². The predicted molar refractivity (Wildman–Crippen MR) is 95.6 cm³/mol. The first-order valence-electron chi connectivity index (χ1n) is 8.87. The summed E-state index contributed by atoms with van der Waals surface area (Å²) >= 11 is 0. The first-order valence-corrected chi connectivity index (χ1v) is 10.4. The number of carboxylic acid groups (broad SMARTS) is 1. The number of unbranched alkanes of at least 4 members (excludes halogenated alkanes) is 1. The lowest BCUT2D eigenvalue weighted by atomic mass is 9.82. The molecule has 1 aromatic rings. The van der Waals surface area contributed by atoms with Gasteiger partial charge in [0.05, 0.1) is 4.90 Å². The average Bonchev–Trinajstić information content (AvgIpc) is 3.13. The third-order valence-corrected chi connectivity index (χ3v) is 6.98. The van der Waals surface area contributed by atoms with Gasteiger partial charge in [0.15, 0.2) is 0 Å². The molecule has 0 amide bonds. The fourth-order valence-corrected chi connectivity index (χ4v) is 5.59. The second-order valence-corrected chi connectivity index (χ2v) is 9.01. The number of benzene rings is 1. The summed E-state index contributed by atoms with van der Waals surface area (Å²) in [7, 11) is -3.47. The van der Waals surface area contributed by atoms with Crippen LogP contribution in [0.25, 0.3) is 0 Å². The number of carbonyl (C=O) groups is 1. The maximum atomic E-state index is 12.5. The van der Waals surface area contributed by atoms with Crippen LogP contribution in [0.5, 0.6) is 0 Å². The van der Waals surface area contributed by atoms with E-state index in [1.54, 1.807) is 30.3 Å². The van der Waals surface area contributed by atoms with Gasteiger partial charge in [0.2, 0.25) is 10.0 Å². The quantitative estimate of drug-likeness (QED) is 0.548. The van der Waals surface area contributed by atoms with Gasteiger partial charge in [0.25, 0.3) is 0 Å². The Hall–Kier alpha value is -1.66. The molecule has 3 atom stereocenters. The van der Waals surface area contributed by atoms with Crippen molar-refractivity contribution in [2.45, 2.75) is 55.9 Å². The first kappa shape index (κ1) is 18.1. The minimum atomic E-state index is -3.47. The van der Waals surface area contributed by atoms with Crippen molar-refractivity contribution < 1.29 is 18.3 Å². The molecule has 2 fully saturated rings. The zero-order chi connectivity index (χ0) is 17.9. The highest BCUT2D eigenvalue weighted by Gasteiger charge is 2.49. The summed E-state index contributed by atoms with van der Waals surface area (Å²) in [6, 6.07) is 8.50. The highest BCUT2D eigenvalue weighted by atomic mass is 32.2. The average molecular weight is 363 g/mol. The normalized spacial score (nSPS) is 28.6. The van der Waals surface area contributed by atoms with Crippen molar-refractivity contribution in [2.24, 2.45) is 11.3 Å². The van der Waals surface area contributed by atoms with Gasteiger partial charge in [-0.1, -0.05) is 30.4 Å². The Bertz CT molecular complexity index is 744. The van der Waals surface area contributed by atoms with Gasteiger partial charge >= 0.3 is 5.97 Å². The molecule has 5 nitrogen and oxygen atoms in total. The van der Waals surface area contributed by atoms with Gasteiger partial charge < -0.3 is 5.11 Å². The van der Waals surface area contributed by atoms with Crippen molar-refractivity contribution in [2.75, 3.05) is 0 Å². The molecule has 1 aromatic carbocycles. The topological polar surface area (TPSA) is 83.5 Å². The van der Waals surface area contributed by atoms with Crippen LogP contribution in [0.3, 0.4) is 0 Å². The lowest BCUT2D eigenvalue weighted by Crippen LogP contribution is -2.39. The lowest BCUT2D eigenvalue weighted by Gasteiger charge is -2.28. The van der Waals surface area contributed by atoms with E-state index in [4.69, 9.17) is 5.11 Å². The van der Waals surface area contributed by atoms with Gasteiger partial charge in [-0.05, 0) is 62.0 Å². The van der Waals surface area contributed by atoms with Crippen LogP contribution in [0.4, 0.5) is 0 Å². The lowest BCUT2D eigenvalue weighted by molar-refractivity contribution is -0.137. The summed E-state index contributed by atoms with van der Waals surface area (Å²) < 4.78 is 28.0. The minimum absolute atomic E-state index is 0.0115. The number of aliphatic carboxylic acids is 1. The number of hydrogen-bond donors (Lipinski definition) is 2. The molecule has 1 unspecified atom stereocenters. The van der Waals surface area contributed by atoms with Crippen LogP contribution in [0.2, 0.25) is 0 Å². The minimum Gasteiger partial charge on any atom is -0.481 e. The Morgan fingerprint density at radius 3 is 2.76 bits per heavy atom. The number of carboxylic acids is 1. The van der Waals surface area contributed by atoms with Crippen LogP contribution < -0.4 is 4.72 Å². The fraction of sp³-hybridized carbons (Fsp3) is 0.526. The third-order valence-electron chi connectivity index (χ3n) is 5.47. The third kappa shape index (κ3) is 4.30. The summed E-state index contributed by atoms with van der Waals surface area (Å²) in [6.07, 6.45) is 9.89. The van der Waals surface area contributed by atoms with E-state index in [1.807, 2.05) is 0 Å². The van der Waals surface area contributed by atoms with Crippen LogP contribution in [-0.4, -0.2) is 25.5 Å². The molecule has 0 heterocycles. The Morgan fingerprint density at radius 1 is 1.28 bits per heavy atom. The molecule has 2 aliphatic carbocycles. The smallest absolute Gasteiger partial charge is 0.303 e. The van der Waals surface area contributed by atoms with Crippen LogP contribution >= 0.6 is 0 Å². The van der Waals surface area contributed by atoms with Gasteiger partial charge in [0, 0.05) is 12.5 Å². The molecule has 6 heteroatoms. The largest absolute Gasteiger partial charge is 0.481 e. The van der Waals surface area contributed by atoms with Crippen molar-refractivity contribution in [3.8, 4) is 0 Å². The van der Waals surface area contributed by atoms with E-state index >= 15 is 0 Å². The monoisotopic (exact) mass is 363 g/mol. The predicted octanol–water partition coefficient (Wildman–Crippen LogP) is 3.33. The molecule has 2 aliphatic rings. The molecule has 25 heavy (non-hydrogen) atoms. The van der Waals surface area contributed by atoms with Crippen LogP contribution in [0, 0.1) is 11.3 Å². The van der Waals surface area contributed by atoms with Crippen molar-refractivity contribution in [1.82, 2.24) is 4.72 Å². The van der Waals surface area contributed by atoms with E-state index in [0.29, 0.717) is 17.2 Å². The SMILES string of the molecule is O=C(O)CCC/C=C\[C@]12CC[C@@H](C1)C(NS(=O)(=O)c1ccccc1)C2. The molecule has 0 saturated heterocycles. The number of allylic oxidation sites excluding steroid dienone is 2. The number of rotatable bonds is 8. The van der Waals surface area contributed by atoms with Gasteiger partial charge in [-0.25, -0.2) is 13.1 Å². The molecular weight excluding hydrogens is 338 g/mol. The zero-order valence-electron chi connectivity index (χ0n) is 14.2. The maximum absolute atomic E-state index is 12.5. The Kier molecular flexibility index (Phi) is 5.29. The van der Waals surface area contributed by atoms with Crippen molar-refractivity contribution in [3.63, 3.8) is 0 Å². The molecule has 2 bridgehead atoms. The summed E-state index contributed by atoms with van der Waals surface area (Å²) in [5.41, 5.74) is 0.0811. The first-order chi connectivity index (χ1) is 11.9. The number of sulfonamides is 1. The molecular formula is C19H25NO4S. The maximum Gasteiger partial charge on any atom is 0.303 e. The van der Waals surface area contributed by atoms with Crippen LogP contribution in [0.1, 0.15) is 44.9 Å². The van der Waals surface area contributed by atoms with Crippen LogP contribution in [-0.2, 0) is 14.8 Å². The Labute approximate surface area is 149 Å². The number of hydrogen-bond acceptors (Lipinski definition) is 3. The highest BCUT2D eigenvalue weighted by molar-refractivity contribution is 7.89. The number of fused-ring (bicyclic) bond motifs is 2. The Morgan fingerprint density at radius 2 is 2.04 bits per heavy atom. The molecule has 136 valence electrons. The molecule has 2 saturated carbocycles. The van der Waals surface area contributed by atoms with Gasteiger partial charge in [-0.15, -0.1) is 0 Å².